The smallest absolute Gasteiger partial charge is 0.387 e. The van der Waals surface area contributed by atoms with Crippen LogP contribution in [-0.2, 0) is 18.4 Å². The summed E-state index contributed by atoms with van der Waals surface area (Å²) in [5, 5.41) is 13.6. The number of nitrogens with one attached hydrogen (secondary N) is 1. The third-order valence-electron chi connectivity index (χ3n) is 9.75. The van der Waals surface area contributed by atoms with Gasteiger partial charge in [0.1, 0.15) is 0 Å². The number of unbranched alkanes of at least 4 members (excludes halogenated alkanes) is 13. The van der Waals surface area contributed by atoms with Crippen LogP contribution in [0.3, 0.4) is 0 Å². The van der Waals surface area contributed by atoms with Crippen LogP contribution in [0.2, 0.25) is 0 Å². The summed E-state index contributed by atoms with van der Waals surface area (Å²) in [4.78, 5) is 22.7. The summed E-state index contributed by atoms with van der Waals surface area (Å²) in [7, 11) is -4.38. The zero-order valence-electron chi connectivity index (χ0n) is 39.1. The van der Waals surface area contributed by atoms with Gasteiger partial charge in [0.15, 0.2) is 0 Å². The third kappa shape index (κ3) is 44.9. The quantitative estimate of drug-likeness (QED) is 0.0272. The predicted molar refractivity (Wildman–Crippen MR) is 267 cm³/mol. The molecule has 9 heteroatoms. The number of allylic oxidation sites excluding steroid dienone is 19. The van der Waals surface area contributed by atoms with Crippen LogP contribution in [0.25, 0.3) is 0 Å². The van der Waals surface area contributed by atoms with Crippen LogP contribution in [-0.4, -0.2) is 47.8 Å². The molecular weight excluding hydrogens is 792 g/mol. The first-order valence-corrected chi connectivity index (χ1v) is 25.7. The van der Waals surface area contributed by atoms with Crippen LogP contribution in [0.5, 0.6) is 0 Å². The molecule has 3 unspecified atom stereocenters. The number of amides is 1. The Kier molecular flexibility index (Phi) is 45.0. The summed E-state index contributed by atoms with van der Waals surface area (Å²) in [5.41, 5.74) is 5.38. The Bertz CT molecular complexity index is 1380. The van der Waals surface area contributed by atoms with E-state index in [0.717, 1.165) is 70.6 Å². The van der Waals surface area contributed by atoms with E-state index in [4.69, 9.17) is 14.8 Å². The zero-order valence-corrected chi connectivity index (χ0v) is 39.9. The molecule has 62 heavy (non-hydrogen) atoms. The molecule has 352 valence electrons. The Morgan fingerprint density at radius 2 is 0.952 bits per heavy atom. The van der Waals surface area contributed by atoms with E-state index in [-0.39, 0.29) is 25.5 Å². The average molecular weight is 881 g/mol. The molecular formula is C53H89N2O6P. The second-order valence-electron chi connectivity index (χ2n) is 15.6. The average Bonchev–Trinajstić information content (AvgIpc) is 3.26. The van der Waals surface area contributed by atoms with Crippen molar-refractivity contribution in [1.29, 1.82) is 0 Å². The molecule has 3 atom stereocenters. The summed E-state index contributed by atoms with van der Waals surface area (Å²) < 4.78 is 22.1. The molecule has 0 heterocycles. The van der Waals surface area contributed by atoms with Crippen molar-refractivity contribution in [2.24, 2.45) is 5.73 Å². The minimum Gasteiger partial charge on any atom is -0.387 e. The van der Waals surface area contributed by atoms with E-state index in [1.165, 1.54) is 70.6 Å². The maximum Gasteiger partial charge on any atom is 0.472 e. The van der Waals surface area contributed by atoms with Gasteiger partial charge in [-0.25, -0.2) is 4.57 Å². The summed E-state index contributed by atoms with van der Waals surface area (Å²) in [5.74, 6) is -0.271. The highest BCUT2D eigenvalue weighted by Crippen LogP contribution is 2.43. The second kappa shape index (κ2) is 47.4. The van der Waals surface area contributed by atoms with Gasteiger partial charge in [0, 0.05) is 13.0 Å². The number of carbonyl (C=O) groups excluding carboxylic acids is 1. The van der Waals surface area contributed by atoms with E-state index >= 15 is 0 Å². The maximum atomic E-state index is 12.8. The molecule has 0 aliphatic rings. The van der Waals surface area contributed by atoms with E-state index in [0.29, 0.717) is 12.8 Å². The third-order valence-corrected chi connectivity index (χ3v) is 10.7. The molecule has 0 aliphatic carbocycles. The Hall–Kier alpha value is -3.10. The molecule has 5 N–H and O–H groups in total. The highest BCUT2D eigenvalue weighted by molar-refractivity contribution is 7.47. The maximum absolute atomic E-state index is 12.8. The largest absolute Gasteiger partial charge is 0.472 e. The number of carbonyl (C=O) groups is 1. The van der Waals surface area contributed by atoms with E-state index < -0.39 is 26.6 Å². The topological polar surface area (TPSA) is 131 Å². The lowest BCUT2D eigenvalue weighted by molar-refractivity contribution is -0.122. The summed E-state index contributed by atoms with van der Waals surface area (Å²) in [6, 6.07) is -0.924. The fourth-order valence-electron chi connectivity index (χ4n) is 6.15. The lowest BCUT2D eigenvalue weighted by Crippen LogP contribution is -2.45. The molecule has 8 nitrogen and oxygen atoms in total. The lowest BCUT2D eigenvalue weighted by Gasteiger charge is -2.23. The monoisotopic (exact) mass is 881 g/mol. The molecule has 0 fully saturated rings. The van der Waals surface area contributed by atoms with Crippen LogP contribution in [0.15, 0.2) is 122 Å². The number of phosphoric ester groups is 1. The first-order chi connectivity index (χ1) is 30.4. The zero-order chi connectivity index (χ0) is 45.3. The van der Waals surface area contributed by atoms with Gasteiger partial charge in [0.2, 0.25) is 5.91 Å². The summed E-state index contributed by atoms with van der Waals surface area (Å²) in [6.07, 6.45) is 68.4. The van der Waals surface area contributed by atoms with Crippen molar-refractivity contribution in [3.8, 4) is 0 Å². The van der Waals surface area contributed by atoms with Crippen LogP contribution in [0, 0.1) is 0 Å². The van der Waals surface area contributed by atoms with Crippen molar-refractivity contribution in [3.63, 3.8) is 0 Å². The summed E-state index contributed by atoms with van der Waals surface area (Å²) >= 11 is 0. The number of aliphatic hydroxyl groups is 1. The standard InChI is InChI=1S/C53H89N2O6P/c1-3-5-7-9-11-13-15-17-19-21-23-25-26-27-29-31-33-35-37-39-41-43-45-47-53(57)55-51(50-61-62(58,59)60-49-48-54)52(56)46-44-42-40-38-36-34-32-30-28-24-22-20-18-16-14-12-10-8-6-4-2/h5,7,11,13,17,19,23,25,27-30,33,35-36,38-39,41,44,46,51-52,56H,3-4,6,8-10,12,14-16,18,20-22,24,26,31-32,34,37,40,42-43,45,47-50,54H2,1-2H3,(H,55,57)(H,58,59)/b7-5-,13-11-,19-17-,25-23-,29-27-,30-28+,35-33-,38-36+,41-39-,46-44+. The Morgan fingerprint density at radius 1 is 0.548 bits per heavy atom. The minimum absolute atomic E-state index is 0.0554. The number of aliphatic hydroxyl groups excluding tert-OH is 1. The highest BCUT2D eigenvalue weighted by Gasteiger charge is 2.26. The van der Waals surface area contributed by atoms with Gasteiger partial charge in [0.05, 0.1) is 25.4 Å². The van der Waals surface area contributed by atoms with Crippen molar-refractivity contribution in [2.45, 2.75) is 187 Å². The Balaban J connectivity index is 4.38. The Morgan fingerprint density at radius 3 is 1.44 bits per heavy atom. The van der Waals surface area contributed by atoms with Crippen LogP contribution >= 0.6 is 7.82 Å². The number of rotatable bonds is 43. The van der Waals surface area contributed by atoms with Gasteiger partial charge >= 0.3 is 7.82 Å². The molecule has 0 aromatic rings. The van der Waals surface area contributed by atoms with Crippen LogP contribution in [0.4, 0.5) is 0 Å². The van der Waals surface area contributed by atoms with Gasteiger partial charge in [-0.3, -0.25) is 13.8 Å². The van der Waals surface area contributed by atoms with Gasteiger partial charge in [0.25, 0.3) is 0 Å². The van der Waals surface area contributed by atoms with E-state index in [9.17, 15) is 19.4 Å². The van der Waals surface area contributed by atoms with Crippen molar-refractivity contribution in [3.05, 3.63) is 122 Å². The molecule has 0 saturated heterocycles. The van der Waals surface area contributed by atoms with Crippen molar-refractivity contribution in [2.75, 3.05) is 19.8 Å². The van der Waals surface area contributed by atoms with E-state index in [1.54, 1.807) is 6.08 Å². The fraction of sp³-hybridized carbons (Fsp3) is 0.604. The molecule has 0 aromatic carbocycles. The first kappa shape index (κ1) is 58.9. The van der Waals surface area contributed by atoms with Crippen molar-refractivity contribution < 1.29 is 28.4 Å². The van der Waals surface area contributed by atoms with Gasteiger partial charge in [-0.1, -0.05) is 193 Å². The van der Waals surface area contributed by atoms with Crippen molar-refractivity contribution >= 4 is 13.7 Å². The predicted octanol–water partition coefficient (Wildman–Crippen LogP) is 14.3. The molecule has 0 aromatic heterocycles. The second-order valence-corrected chi connectivity index (χ2v) is 17.0. The molecule has 0 spiro atoms. The van der Waals surface area contributed by atoms with Crippen molar-refractivity contribution in [1.82, 2.24) is 5.32 Å². The number of hydrogen-bond acceptors (Lipinski definition) is 6. The lowest BCUT2D eigenvalue weighted by atomic mass is 10.1. The number of phosphoric acid groups is 1. The molecule has 0 bridgehead atoms. The Labute approximate surface area is 379 Å². The molecule has 0 rings (SSSR count). The van der Waals surface area contributed by atoms with E-state index in [2.05, 4.69) is 129 Å². The minimum atomic E-state index is -4.38. The summed E-state index contributed by atoms with van der Waals surface area (Å²) in [6.45, 7) is 3.93. The van der Waals surface area contributed by atoms with Gasteiger partial charge in [-0.05, 0) is 96.3 Å². The normalized spacial score (nSPS) is 15.0. The highest BCUT2D eigenvalue weighted by atomic mass is 31.2. The molecule has 1 amide bonds. The van der Waals surface area contributed by atoms with Crippen LogP contribution < -0.4 is 11.1 Å². The first-order valence-electron chi connectivity index (χ1n) is 24.2. The SMILES string of the molecule is CC/C=C\C/C=C\C/C=C\C/C=C\C/C=C\C/C=C\C/C=C\CCCC(=O)NC(COP(=O)(O)OCCN)C(O)/C=C/CC/C=C/CC/C=C/CCCCCCCCCCCC. The fourth-order valence-corrected chi connectivity index (χ4v) is 6.91. The van der Waals surface area contributed by atoms with Gasteiger partial charge < -0.3 is 21.1 Å². The van der Waals surface area contributed by atoms with Gasteiger partial charge in [-0.2, -0.15) is 0 Å². The van der Waals surface area contributed by atoms with Crippen LogP contribution in [0.1, 0.15) is 174 Å². The molecule has 0 saturated carbocycles. The number of nitrogens with two attached hydrogens (primary N) is 1. The van der Waals surface area contributed by atoms with E-state index in [1.807, 2.05) is 6.08 Å². The van der Waals surface area contributed by atoms with Gasteiger partial charge in [-0.15, -0.1) is 0 Å². The molecule has 0 radical (unpaired) electrons. The number of hydrogen-bond donors (Lipinski definition) is 4. The molecule has 0 aliphatic heterocycles.